The molecule has 5 rings (SSSR count). The zero-order valence-electron chi connectivity index (χ0n) is 18.5. The molecule has 0 aliphatic heterocycles. The monoisotopic (exact) mass is 471 g/mol. The third-order valence-corrected chi connectivity index (χ3v) is 6.55. The molecular formula is C23H24F3N7O. The fourth-order valence-corrected chi connectivity index (χ4v) is 4.86. The molecule has 1 saturated carbocycles. The normalized spacial score (nSPS) is 19.1. The summed E-state index contributed by atoms with van der Waals surface area (Å²) >= 11 is 0. The SMILES string of the molecule is CC(=O)NC[C@H]1CC[C@H](c2nc(-c3cc4cccc(C(F)(F)F)c4[nH]3)c3c(N)ncnn32)CC1. The summed E-state index contributed by atoms with van der Waals surface area (Å²) in [6.07, 6.45) is 0.442. The molecule has 0 bridgehead atoms. The molecule has 3 heterocycles. The van der Waals surface area contributed by atoms with Gasteiger partial charge in [0.25, 0.3) is 0 Å². The molecule has 0 saturated heterocycles. The predicted octanol–water partition coefficient (Wildman–Crippen LogP) is 4.28. The van der Waals surface area contributed by atoms with Gasteiger partial charge in [0.1, 0.15) is 23.4 Å². The summed E-state index contributed by atoms with van der Waals surface area (Å²) in [7, 11) is 0. The Kier molecular flexibility index (Phi) is 5.41. The Morgan fingerprint density at radius 3 is 2.74 bits per heavy atom. The molecule has 1 fully saturated rings. The van der Waals surface area contributed by atoms with Crippen LogP contribution in [0.1, 0.15) is 49.9 Å². The minimum absolute atomic E-state index is 0.00148. The highest BCUT2D eigenvalue weighted by atomic mass is 19.4. The highest BCUT2D eigenvalue weighted by molar-refractivity contribution is 5.92. The molecule has 4 N–H and O–H groups in total. The smallest absolute Gasteiger partial charge is 0.382 e. The highest BCUT2D eigenvalue weighted by Crippen LogP contribution is 2.40. The summed E-state index contributed by atoms with van der Waals surface area (Å²) < 4.78 is 42.2. The van der Waals surface area contributed by atoms with Crippen LogP contribution in [0, 0.1) is 5.92 Å². The zero-order chi connectivity index (χ0) is 24.0. The van der Waals surface area contributed by atoms with Crippen molar-refractivity contribution in [1.29, 1.82) is 0 Å². The van der Waals surface area contributed by atoms with Crippen molar-refractivity contribution < 1.29 is 18.0 Å². The van der Waals surface area contributed by atoms with Crippen LogP contribution in [0.2, 0.25) is 0 Å². The molecule has 4 aromatic rings. The first-order chi connectivity index (χ1) is 16.2. The van der Waals surface area contributed by atoms with Crippen molar-refractivity contribution >= 4 is 28.1 Å². The van der Waals surface area contributed by atoms with Crippen molar-refractivity contribution in [3.05, 3.63) is 42.0 Å². The number of nitrogens with two attached hydrogens (primary N) is 1. The Morgan fingerprint density at radius 2 is 2.03 bits per heavy atom. The van der Waals surface area contributed by atoms with Gasteiger partial charge in [0.05, 0.1) is 16.8 Å². The molecule has 1 aliphatic carbocycles. The van der Waals surface area contributed by atoms with Crippen molar-refractivity contribution in [1.82, 2.24) is 29.9 Å². The molecule has 3 aromatic heterocycles. The molecule has 1 aromatic carbocycles. The number of aromatic nitrogens is 5. The van der Waals surface area contributed by atoms with Crippen LogP contribution in [0.4, 0.5) is 19.0 Å². The minimum atomic E-state index is -4.49. The van der Waals surface area contributed by atoms with Crippen LogP contribution >= 0.6 is 0 Å². The number of nitrogen functional groups attached to an aromatic ring is 1. The quantitative estimate of drug-likeness (QED) is 0.411. The lowest BCUT2D eigenvalue weighted by molar-refractivity contribution is -0.136. The molecule has 0 unspecified atom stereocenters. The summed E-state index contributed by atoms with van der Waals surface area (Å²) in [6.45, 7) is 2.16. The molecule has 34 heavy (non-hydrogen) atoms. The van der Waals surface area contributed by atoms with Gasteiger partial charge in [-0.15, -0.1) is 0 Å². The van der Waals surface area contributed by atoms with Gasteiger partial charge in [-0.25, -0.2) is 14.5 Å². The number of imidazole rings is 1. The third kappa shape index (κ3) is 3.95. The largest absolute Gasteiger partial charge is 0.418 e. The van der Waals surface area contributed by atoms with E-state index in [1.165, 1.54) is 19.3 Å². The van der Waals surface area contributed by atoms with Crippen LogP contribution in [0.25, 0.3) is 27.8 Å². The number of benzene rings is 1. The molecule has 1 aliphatic rings. The van der Waals surface area contributed by atoms with Gasteiger partial charge in [0.2, 0.25) is 5.91 Å². The number of anilines is 1. The van der Waals surface area contributed by atoms with Crippen LogP contribution in [0.5, 0.6) is 0 Å². The number of amides is 1. The van der Waals surface area contributed by atoms with Gasteiger partial charge in [0, 0.05) is 24.8 Å². The molecule has 0 atom stereocenters. The topological polar surface area (TPSA) is 114 Å². The first-order valence-corrected chi connectivity index (χ1v) is 11.1. The third-order valence-electron chi connectivity index (χ3n) is 6.55. The number of nitrogens with zero attached hydrogens (tertiary/aromatic N) is 4. The average Bonchev–Trinajstić information content (AvgIpc) is 3.39. The van der Waals surface area contributed by atoms with Crippen LogP contribution in [0.3, 0.4) is 0 Å². The molecular weight excluding hydrogens is 447 g/mol. The maximum absolute atomic E-state index is 13.5. The van der Waals surface area contributed by atoms with Gasteiger partial charge in [0.15, 0.2) is 5.82 Å². The Balaban J connectivity index is 1.54. The average molecular weight is 471 g/mol. The number of nitrogens with one attached hydrogen (secondary N) is 2. The van der Waals surface area contributed by atoms with E-state index in [1.54, 1.807) is 16.6 Å². The zero-order valence-corrected chi connectivity index (χ0v) is 18.5. The number of para-hydroxylation sites is 1. The van der Waals surface area contributed by atoms with Crippen molar-refractivity contribution in [2.45, 2.75) is 44.7 Å². The van der Waals surface area contributed by atoms with Gasteiger partial charge >= 0.3 is 6.18 Å². The van der Waals surface area contributed by atoms with Crippen molar-refractivity contribution in [3.63, 3.8) is 0 Å². The first kappa shape index (κ1) is 22.2. The number of carbonyl (C=O) groups excluding carboxylic acids is 1. The number of H-pyrrole nitrogens is 1. The molecule has 11 heteroatoms. The van der Waals surface area contributed by atoms with E-state index in [4.69, 9.17) is 10.7 Å². The van der Waals surface area contributed by atoms with E-state index < -0.39 is 11.7 Å². The number of alkyl halides is 3. The van der Waals surface area contributed by atoms with E-state index in [2.05, 4.69) is 20.4 Å². The van der Waals surface area contributed by atoms with E-state index in [1.807, 2.05) is 0 Å². The summed E-state index contributed by atoms with van der Waals surface area (Å²) in [6, 6.07) is 5.71. The molecule has 0 radical (unpaired) electrons. The number of rotatable bonds is 4. The fourth-order valence-electron chi connectivity index (χ4n) is 4.86. The lowest BCUT2D eigenvalue weighted by Crippen LogP contribution is -2.29. The van der Waals surface area contributed by atoms with Crippen LogP contribution in [-0.2, 0) is 11.0 Å². The van der Waals surface area contributed by atoms with Crippen molar-refractivity contribution in [2.75, 3.05) is 12.3 Å². The fraction of sp³-hybridized carbons (Fsp3) is 0.391. The number of halogens is 3. The number of aromatic amines is 1. The molecule has 0 spiro atoms. The predicted molar refractivity (Wildman–Crippen MR) is 121 cm³/mol. The lowest BCUT2D eigenvalue weighted by Gasteiger charge is -2.27. The maximum atomic E-state index is 13.5. The minimum Gasteiger partial charge on any atom is -0.382 e. The molecule has 1 amide bonds. The van der Waals surface area contributed by atoms with Crippen molar-refractivity contribution in [2.24, 2.45) is 5.92 Å². The second-order valence-corrected chi connectivity index (χ2v) is 8.83. The molecule has 178 valence electrons. The highest BCUT2D eigenvalue weighted by Gasteiger charge is 2.34. The standard InChI is InChI=1S/C23H24F3N7O/c1-12(34)28-10-13-5-7-14(8-6-13)22-32-19(20-21(27)29-11-30-33(20)22)17-9-15-3-2-4-16(18(15)31-17)23(24,25)26/h2-4,9,11,13-14,31H,5-8,10H2,1H3,(H,28,34)(H2,27,29,30)/t13-,14-. The number of fused-ring (bicyclic) bond motifs is 2. The first-order valence-electron chi connectivity index (χ1n) is 11.1. The van der Waals surface area contributed by atoms with Gasteiger partial charge in [-0.2, -0.15) is 18.3 Å². The number of hydrogen-bond donors (Lipinski definition) is 3. The van der Waals surface area contributed by atoms with Gasteiger partial charge in [-0.05, 0) is 43.7 Å². The molecule has 8 nitrogen and oxygen atoms in total. The van der Waals surface area contributed by atoms with E-state index >= 15 is 0 Å². The summed E-state index contributed by atoms with van der Waals surface area (Å²) in [4.78, 5) is 23.0. The Bertz CT molecular complexity index is 1370. The van der Waals surface area contributed by atoms with Gasteiger partial charge in [-0.3, -0.25) is 4.79 Å². The van der Waals surface area contributed by atoms with Crippen LogP contribution in [0.15, 0.2) is 30.6 Å². The Morgan fingerprint density at radius 1 is 1.26 bits per heavy atom. The van der Waals surface area contributed by atoms with E-state index in [0.717, 1.165) is 31.7 Å². The maximum Gasteiger partial charge on any atom is 0.418 e. The van der Waals surface area contributed by atoms with Crippen LogP contribution < -0.4 is 11.1 Å². The van der Waals surface area contributed by atoms with Gasteiger partial charge in [-0.1, -0.05) is 12.1 Å². The Labute approximate surface area is 192 Å². The number of carbonyl (C=O) groups is 1. The van der Waals surface area contributed by atoms with Gasteiger partial charge < -0.3 is 16.0 Å². The lowest BCUT2D eigenvalue weighted by atomic mass is 9.81. The number of hydrogen-bond acceptors (Lipinski definition) is 5. The van der Waals surface area contributed by atoms with Crippen molar-refractivity contribution in [3.8, 4) is 11.4 Å². The second kappa shape index (κ2) is 8.30. The van der Waals surface area contributed by atoms with Crippen LogP contribution in [-0.4, -0.2) is 37.0 Å². The summed E-state index contributed by atoms with van der Waals surface area (Å²) in [5, 5.41) is 7.68. The second-order valence-electron chi connectivity index (χ2n) is 8.83. The Hall–Kier alpha value is -3.63. The summed E-state index contributed by atoms with van der Waals surface area (Å²) in [5.41, 5.74) is 6.77. The van der Waals surface area contributed by atoms with E-state index in [-0.39, 0.29) is 23.2 Å². The van der Waals surface area contributed by atoms with E-state index in [0.29, 0.717) is 40.6 Å². The van der Waals surface area contributed by atoms with E-state index in [9.17, 15) is 18.0 Å². The summed E-state index contributed by atoms with van der Waals surface area (Å²) in [5.74, 6) is 1.40.